The van der Waals surface area contributed by atoms with E-state index in [-0.39, 0.29) is 32.7 Å². The van der Waals surface area contributed by atoms with Gasteiger partial charge in [0.1, 0.15) is 0 Å². The van der Waals surface area contributed by atoms with Crippen molar-refractivity contribution in [2.75, 3.05) is 31.5 Å². The number of anilines is 2. The van der Waals surface area contributed by atoms with Crippen LogP contribution in [0.2, 0.25) is 0 Å². The van der Waals surface area contributed by atoms with E-state index in [0.717, 1.165) is 34.0 Å². The molecule has 7 heteroatoms. The molecule has 0 aliphatic carbocycles. The van der Waals surface area contributed by atoms with Crippen LogP contribution in [0, 0.1) is 0 Å². The summed E-state index contributed by atoms with van der Waals surface area (Å²) < 4.78 is 0. The van der Waals surface area contributed by atoms with Gasteiger partial charge in [0.15, 0.2) is 0 Å². The van der Waals surface area contributed by atoms with E-state index in [1.54, 1.807) is 7.05 Å². The number of benzene rings is 5. The van der Waals surface area contributed by atoms with Crippen LogP contribution in [0.15, 0.2) is 133 Å². The predicted octanol–water partition coefficient (Wildman–Crippen LogP) is 7.47. The fraction of sp³-hybridized carbons (Fsp3) is 0.111. The van der Waals surface area contributed by atoms with Gasteiger partial charge in [-0.05, 0) is 70.1 Å². The van der Waals surface area contributed by atoms with Crippen LogP contribution in [0.1, 0.15) is 16.7 Å². The second-order valence-corrected chi connectivity index (χ2v) is 9.33. The van der Waals surface area contributed by atoms with E-state index in [9.17, 15) is 5.21 Å². The van der Waals surface area contributed by atoms with Gasteiger partial charge in [0, 0.05) is 46.8 Å². The molecular formula is C36H40N4O2Y. The van der Waals surface area contributed by atoms with Crippen LogP contribution in [0.25, 0.3) is 27.8 Å². The molecule has 0 spiro atoms. The Bertz CT molecular complexity index is 1520. The average molecular weight is 650 g/mol. The van der Waals surface area contributed by atoms with E-state index in [1.165, 1.54) is 40.4 Å². The average Bonchev–Trinajstić information content (AvgIpc) is 3.08. The molecule has 219 valence electrons. The Labute approximate surface area is 280 Å². The van der Waals surface area contributed by atoms with Gasteiger partial charge in [-0.1, -0.05) is 121 Å². The largest absolute Gasteiger partial charge is 0.386 e. The molecular weight excluding hydrogens is 609 g/mol. The number of nitrogens with two attached hydrogens (primary N) is 2. The van der Waals surface area contributed by atoms with Crippen molar-refractivity contribution in [1.29, 1.82) is 0 Å². The molecule has 5 aromatic carbocycles. The molecule has 0 fully saturated rings. The van der Waals surface area contributed by atoms with Gasteiger partial charge >= 0.3 is 0 Å². The molecule has 0 heterocycles. The van der Waals surface area contributed by atoms with Gasteiger partial charge in [-0.3, -0.25) is 10.3 Å². The van der Waals surface area contributed by atoms with Crippen LogP contribution in [-0.2, 0) is 39.1 Å². The minimum atomic E-state index is 0. The standard InChI is InChI=1S/C35H32N2O.CH5N.H3NO.Y/c1-36-34-24-22-32(25-35(34)37(2)38)29-18-20-31(21-19-29)33(30-11-7-4-8-12-30)23-15-26-13-16-28(17-14-26)27-9-5-3-6-10-27;2*1-2;/h3-14,16-25,36,38H,15H2,1-2H3;2H2,1H3;2H,1H2;/b33-23+;;;. The van der Waals surface area contributed by atoms with E-state index in [4.69, 9.17) is 5.21 Å². The fourth-order valence-electron chi connectivity index (χ4n) is 4.74. The van der Waals surface area contributed by atoms with Gasteiger partial charge in [-0.25, -0.2) is 5.90 Å². The van der Waals surface area contributed by atoms with E-state index in [0.29, 0.717) is 0 Å². The molecule has 0 aliphatic rings. The molecule has 0 unspecified atom stereocenters. The zero-order valence-corrected chi connectivity index (χ0v) is 27.8. The van der Waals surface area contributed by atoms with Crippen molar-refractivity contribution >= 4 is 16.9 Å². The van der Waals surface area contributed by atoms with Gasteiger partial charge < -0.3 is 16.3 Å². The first kappa shape index (κ1) is 35.6. The van der Waals surface area contributed by atoms with Crippen molar-refractivity contribution in [3.63, 3.8) is 0 Å². The van der Waals surface area contributed by atoms with E-state index in [1.807, 2.05) is 25.2 Å². The molecule has 43 heavy (non-hydrogen) atoms. The minimum absolute atomic E-state index is 0. The maximum atomic E-state index is 10.1. The first-order chi connectivity index (χ1) is 20.6. The SMILES string of the molecule is CN.CNc1ccc(-c2ccc(/C(=C/Cc3ccc(-c4ccccc4)cc3)c3ccccc3)cc2)cc1N(C)O.NO.[Y]. The van der Waals surface area contributed by atoms with Crippen molar-refractivity contribution in [1.82, 2.24) is 0 Å². The van der Waals surface area contributed by atoms with Gasteiger partial charge in [0.2, 0.25) is 0 Å². The second kappa shape index (κ2) is 18.8. The third-order valence-corrected chi connectivity index (χ3v) is 6.83. The van der Waals surface area contributed by atoms with Gasteiger partial charge in [-0.2, -0.15) is 0 Å². The minimum Gasteiger partial charge on any atom is -0.386 e. The number of rotatable bonds is 8. The maximum Gasteiger partial charge on any atom is 0.0868 e. The monoisotopic (exact) mass is 649 g/mol. The Kier molecular flexibility index (Phi) is 15.6. The molecule has 6 nitrogen and oxygen atoms in total. The van der Waals surface area contributed by atoms with Crippen LogP contribution < -0.4 is 22.0 Å². The second-order valence-electron chi connectivity index (χ2n) is 9.33. The summed E-state index contributed by atoms with van der Waals surface area (Å²) in [5, 5.41) is 20.8. The number of nitrogens with one attached hydrogen (secondary N) is 1. The first-order valence-electron chi connectivity index (χ1n) is 13.7. The summed E-state index contributed by atoms with van der Waals surface area (Å²) in [6.45, 7) is 0. The summed E-state index contributed by atoms with van der Waals surface area (Å²) in [4.78, 5) is 0. The molecule has 0 bridgehead atoms. The Morgan fingerprint density at radius 3 is 1.70 bits per heavy atom. The molecule has 0 saturated carbocycles. The molecule has 0 aliphatic heterocycles. The fourth-order valence-corrected chi connectivity index (χ4v) is 4.74. The summed E-state index contributed by atoms with van der Waals surface area (Å²) in [6, 6.07) is 44.6. The molecule has 5 rings (SSSR count). The summed E-state index contributed by atoms with van der Waals surface area (Å²) in [6.07, 6.45) is 3.17. The van der Waals surface area contributed by atoms with Crippen LogP contribution in [0.4, 0.5) is 11.4 Å². The topological polar surface area (TPSA) is 108 Å². The van der Waals surface area contributed by atoms with Crippen LogP contribution in [0.5, 0.6) is 0 Å². The van der Waals surface area contributed by atoms with Crippen molar-refractivity contribution in [3.05, 3.63) is 150 Å². The smallest absolute Gasteiger partial charge is 0.0868 e. The van der Waals surface area contributed by atoms with Crippen molar-refractivity contribution < 1.29 is 43.1 Å². The Hall–Kier alpha value is -3.62. The Morgan fingerprint density at radius 2 is 1.14 bits per heavy atom. The molecule has 5 aromatic rings. The summed E-state index contributed by atoms with van der Waals surface area (Å²) in [7, 11) is 4.99. The molecule has 0 amide bonds. The van der Waals surface area contributed by atoms with Crippen LogP contribution in [-0.4, -0.2) is 31.6 Å². The van der Waals surface area contributed by atoms with Crippen molar-refractivity contribution in [2.24, 2.45) is 11.6 Å². The number of nitrogens with zero attached hydrogens (tertiary/aromatic N) is 1. The summed E-state index contributed by atoms with van der Waals surface area (Å²) >= 11 is 0. The maximum absolute atomic E-state index is 10.1. The number of hydrogen-bond donors (Lipinski definition) is 5. The Morgan fingerprint density at radius 1 is 0.674 bits per heavy atom. The van der Waals surface area contributed by atoms with E-state index < -0.39 is 0 Å². The van der Waals surface area contributed by atoms with Crippen molar-refractivity contribution in [2.45, 2.75) is 6.42 Å². The number of allylic oxidation sites excluding steroid dienone is 1. The van der Waals surface area contributed by atoms with Gasteiger partial charge in [0.05, 0.1) is 11.4 Å². The summed E-state index contributed by atoms with van der Waals surface area (Å²) in [5.41, 5.74) is 15.6. The number of hydroxylamine groups is 1. The van der Waals surface area contributed by atoms with Crippen LogP contribution >= 0.6 is 0 Å². The van der Waals surface area contributed by atoms with Crippen LogP contribution in [0.3, 0.4) is 0 Å². The predicted molar refractivity (Wildman–Crippen MR) is 177 cm³/mol. The molecule has 0 aromatic heterocycles. The van der Waals surface area contributed by atoms with Gasteiger partial charge in [-0.15, -0.1) is 0 Å². The Balaban J connectivity index is 0.00000124. The van der Waals surface area contributed by atoms with Crippen molar-refractivity contribution in [3.8, 4) is 22.3 Å². The normalized spacial score (nSPS) is 10.3. The third-order valence-electron chi connectivity index (χ3n) is 6.83. The van der Waals surface area contributed by atoms with Gasteiger partial charge in [0.25, 0.3) is 0 Å². The molecule has 0 saturated heterocycles. The summed E-state index contributed by atoms with van der Waals surface area (Å²) in [5.74, 6) is 3.50. The molecule has 0 atom stereocenters. The molecule has 7 N–H and O–H groups in total. The zero-order chi connectivity index (χ0) is 30.3. The first-order valence-corrected chi connectivity index (χ1v) is 13.7. The number of hydrogen-bond acceptors (Lipinski definition) is 6. The third kappa shape index (κ3) is 9.70. The van der Waals surface area contributed by atoms with E-state index in [2.05, 4.69) is 132 Å². The quantitative estimate of drug-likeness (QED) is 0.112. The zero-order valence-electron chi connectivity index (χ0n) is 25.0. The molecule has 1 radical (unpaired) electrons. The van der Waals surface area contributed by atoms with E-state index >= 15 is 0 Å².